The van der Waals surface area contributed by atoms with E-state index in [1.165, 1.54) is 0 Å². The van der Waals surface area contributed by atoms with Crippen molar-refractivity contribution in [2.45, 2.75) is 52.7 Å². The van der Waals surface area contributed by atoms with Crippen LogP contribution in [0.1, 0.15) is 51.4 Å². The third-order valence-electron chi connectivity index (χ3n) is 5.79. The van der Waals surface area contributed by atoms with Gasteiger partial charge in [-0.25, -0.2) is 4.79 Å². The highest BCUT2D eigenvalue weighted by molar-refractivity contribution is 5.95. The quantitative estimate of drug-likeness (QED) is 0.344. The Labute approximate surface area is 208 Å². The zero-order chi connectivity index (χ0) is 26.2. The highest BCUT2D eigenvalue weighted by atomic mass is 16.6. The molecule has 1 aromatic carbocycles. The van der Waals surface area contributed by atoms with E-state index in [-0.39, 0.29) is 30.3 Å². The zero-order valence-electron chi connectivity index (χ0n) is 22.0. The maximum Gasteiger partial charge on any atom is 0.410 e. The molecule has 0 aliphatic carbocycles. The number of benzene rings is 1. The van der Waals surface area contributed by atoms with Crippen molar-refractivity contribution in [1.82, 2.24) is 9.80 Å². The largest absolute Gasteiger partial charge is 0.493 e. The van der Waals surface area contributed by atoms with Gasteiger partial charge in [-0.15, -0.1) is 0 Å². The highest BCUT2D eigenvalue weighted by Gasteiger charge is 2.39. The molecular formula is C26H40N2O7. The fourth-order valence-electron chi connectivity index (χ4n) is 3.97. The summed E-state index contributed by atoms with van der Waals surface area (Å²) in [6.07, 6.45) is 1.13. The van der Waals surface area contributed by atoms with Gasteiger partial charge < -0.3 is 33.5 Å². The molecule has 1 fully saturated rings. The van der Waals surface area contributed by atoms with Gasteiger partial charge in [0.15, 0.2) is 11.5 Å². The molecule has 0 N–H and O–H groups in total. The van der Waals surface area contributed by atoms with Crippen molar-refractivity contribution >= 4 is 18.3 Å². The predicted molar refractivity (Wildman–Crippen MR) is 132 cm³/mol. The molecule has 0 radical (unpaired) electrons. The monoisotopic (exact) mass is 492 g/mol. The van der Waals surface area contributed by atoms with E-state index in [4.69, 9.17) is 18.9 Å². The second kappa shape index (κ2) is 12.8. The number of ether oxygens (including phenoxy) is 4. The Bertz CT molecular complexity index is 866. The minimum absolute atomic E-state index is 0.112. The van der Waals surface area contributed by atoms with Gasteiger partial charge in [0.05, 0.1) is 13.7 Å². The number of methoxy groups -OCH3 is 2. The van der Waals surface area contributed by atoms with Gasteiger partial charge in [0.2, 0.25) is 0 Å². The molecule has 196 valence electrons. The molecule has 0 bridgehead atoms. The summed E-state index contributed by atoms with van der Waals surface area (Å²) in [5, 5.41) is 0. The van der Waals surface area contributed by atoms with E-state index in [9.17, 15) is 14.4 Å². The van der Waals surface area contributed by atoms with Crippen LogP contribution in [0.5, 0.6) is 11.5 Å². The van der Waals surface area contributed by atoms with E-state index in [2.05, 4.69) is 0 Å². The van der Waals surface area contributed by atoms with Crippen molar-refractivity contribution in [3.05, 3.63) is 23.8 Å². The van der Waals surface area contributed by atoms with Crippen molar-refractivity contribution in [3.63, 3.8) is 0 Å². The standard InChI is InChI=1S/C26H40N2O7/c1-18(2)28(16-20-14-27(15-21(20)17-29)25(31)35-26(3,4)5)24(30)19-9-10-22(33-7)23(13-19)34-12-8-11-32-6/h9-10,13,17-18,20-21H,8,11-12,14-16H2,1-7H3/t20-,21+/m1/s1. The molecule has 1 aliphatic heterocycles. The number of hydrogen-bond donors (Lipinski definition) is 0. The van der Waals surface area contributed by atoms with Crippen LogP contribution in [0.2, 0.25) is 0 Å². The van der Waals surface area contributed by atoms with Gasteiger partial charge in [-0.3, -0.25) is 4.79 Å². The molecule has 0 saturated carbocycles. The lowest BCUT2D eigenvalue weighted by Crippen LogP contribution is -2.42. The first kappa shape index (κ1) is 28.4. The van der Waals surface area contributed by atoms with E-state index in [0.29, 0.717) is 49.8 Å². The molecule has 1 aromatic rings. The normalized spacial score (nSPS) is 17.9. The number of rotatable bonds is 11. The lowest BCUT2D eigenvalue weighted by molar-refractivity contribution is -0.111. The topological polar surface area (TPSA) is 94.6 Å². The molecular weight excluding hydrogens is 452 g/mol. The van der Waals surface area contributed by atoms with Crippen LogP contribution in [0.15, 0.2) is 18.2 Å². The van der Waals surface area contributed by atoms with Crippen LogP contribution in [0, 0.1) is 11.8 Å². The minimum Gasteiger partial charge on any atom is -0.493 e. The van der Waals surface area contributed by atoms with Gasteiger partial charge >= 0.3 is 6.09 Å². The molecule has 2 rings (SSSR count). The third kappa shape index (κ3) is 8.13. The molecule has 0 unspecified atom stereocenters. The molecule has 9 heteroatoms. The maximum atomic E-state index is 13.5. The summed E-state index contributed by atoms with van der Waals surface area (Å²) in [5.41, 5.74) is -0.158. The number of likely N-dealkylation sites (tertiary alicyclic amines) is 1. The Balaban J connectivity index is 2.17. The SMILES string of the molecule is COCCCOc1cc(C(=O)N(C[C@H]2CN(C(=O)OC(C)(C)C)C[C@H]2C=O)C(C)C)ccc1OC. The van der Waals surface area contributed by atoms with Crippen LogP contribution in [-0.4, -0.2) is 86.8 Å². The molecule has 1 heterocycles. The number of hydrogen-bond acceptors (Lipinski definition) is 7. The van der Waals surface area contributed by atoms with Crippen LogP contribution in [0.25, 0.3) is 0 Å². The molecule has 0 aromatic heterocycles. The van der Waals surface area contributed by atoms with Crippen molar-refractivity contribution in [2.75, 3.05) is 47.1 Å². The number of aldehydes is 1. The second-order valence-corrected chi connectivity index (χ2v) is 10.1. The Morgan fingerprint density at radius 3 is 2.43 bits per heavy atom. The van der Waals surface area contributed by atoms with Crippen molar-refractivity contribution in [1.29, 1.82) is 0 Å². The van der Waals surface area contributed by atoms with E-state index in [0.717, 1.165) is 6.29 Å². The predicted octanol–water partition coefficient (Wildman–Crippen LogP) is 3.64. The fraction of sp³-hybridized carbons (Fsp3) is 0.654. The lowest BCUT2D eigenvalue weighted by atomic mass is 9.96. The minimum atomic E-state index is -0.622. The van der Waals surface area contributed by atoms with E-state index in [1.54, 1.807) is 63.0 Å². The Morgan fingerprint density at radius 1 is 1.14 bits per heavy atom. The summed E-state index contributed by atoms with van der Waals surface area (Å²) in [5.74, 6) is 0.298. The van der Waals surface area contributed by atoms with Crippen molar-refractivity contribution in [2.24, 2.45) is 11.8 Å². The molecule has 0 spiro atoms. The summed E-state index contributed by atoms with van der Waals surface area (Å²) < 4.78 is 21.7. The zero-order valence-corrected chi connectivity index (χ0v) is 22.0. The van der Waals surface area contributed by atoms with Gasteiger partial charge in [-0.2, -0.15) is 0 Å². The van der Waals surface area contributed by atoms with E-state index >= 15 is 0 Å². The first-order chi connectivity index (χ1) is 16.5. The highest BCUT2D eigenvalue weighted by Crippen LogP contribution is 2.30. The Hall–Kier alpha value is -2.81. The van der Waals surface area contributed by atoms with Crippen LogP contribution >= 0.6 is 0 Å². The number of nitrogens with zero attached hydrogens (tertiary/aromatic N) is 2. The molecule has 1 aliphatic rings. The van der Waals surface area contributed by atoms with Crippen LogP contribution < -0.4 is 9.47 Å². The Kier molecular flexibility index (Phi) is 10.4. The van der Waals surface area contributed by atoms with Gasteiger partial charge in [0.25, 0.3) is 5.91 Å². The first-order valence-electron chi connectivity index (χ1n) is 12.0. The molecule has 2 amide bonds. The second-order valence-electron chi connectivity index (χ2n) is 10.1. The van der Waals surface area contributed by atoms with Gasteiger partial charge in [0.1, 0.15) is 11.9 Å². The summed E-state index contributed by atoms with van der Waals surface area (Å²) in [6, 6.07) is 4.99. The van der Waals surface area contributed by atoms with Crippen LogP contribution in [-0.2, 0) is 14.3 Å². The average Bonchev–Trinajstić information content (AvgIpc) is 3.21. The van der Waals surface area contributed by atoms with Crippen molar-refractivity contribution < 1.29 is 33.3 Å². The summed E-state index contributed by atoms with van der Waals surface area (Å²) >= 11 is 0. The molecule has 9 nitrogen and oxygen atoms in total. The molecule has 1 saturated heterocycles. The molecule has 35 heavy (non-hydrogen) atoms. The number of amides is 2. The fourth-order valence-corrected chi connectivity index (χ4v) is 3.97. The third-order valence-corrected chi connectivity index (χ3v) is 5.79. The van der Waals surface area contributed by atoms with Gasteiger partial charge in [-0.05, 0) is 52.8 Å². The first-order valence-corrected chi connectivity index (χ1v) is 12.0. The lowest BCUT2D eigenvalue weighted by Gasteiger charge is -2.31. The summed E-state index contributed by atoms with van der Waals surface area (Å²) in [7, 11) is 3.18. The summed E-state index contributed by atoms with van der Waals surface area (Å²) in [4.78, 5) is 41.1. The summed E-state index contributed by atoms with van der Waals surface area (Å²) in [6.45, 7) is 11.3. The van der Waals surface area contributed by atoms with Gasteiger partial charge in [-0.1, -0.05) is 0 Å². The smallest absolute Gasteiger partial charge is 0.410 e. The average molecular weight is 493 g/mol. The number of carbonyl (C=O) groups is 3. The van der Waals surface area contributed by atoms with Crippen LogP contribution in [0.4, 0.5) is 4.79 Å². The molecule has 2 atom stereocenters. The maximum absolute atomic E-state index is 13.5. The van der Waals surface area contributed by atoms with E-state index in [1.807, 2.05) is 13.8 Å². The van der Waals surface area contributed by atoms with Crippen molar-refractivity contribution in [3.8, 4) is 11.5 Å². The van der Waals surface area contributed by atoms with Crippen LogP contribution in [0.3, 0.4) is 0 Å². The number of carbonyl (C=O) groups excluding carboxylic acids is 3. The Morgan fingerprint density at radius 2 is 1.86 bits per heavy atom. The van der Waals surface area contributed by atoms with Gasteiger partial charge in [0, 0.05) is 63.2 Å². The van der Waals surface area contributed by atoms with E-state index < -0.39 is 11.7 Å².